The number of carbonyl (C=O) groups excluding carboxylic acids is 1. The fourth-order valence-electron chi connectivity index (χ4n) is 2.73. The van der Waals surface area contributed by atoms with Gasteiger partial charge in [-0.15, -0.1) is 0 Å². The summed E-state index contributed by atoms with van der Waals surface area (Å²) in [6.45, 7) is 0.477. The summed E-state index contributed by atoms with van der Waals surface area (Å²) < 4.78 is 18.9. The van der Waals surface area contributed by atoms with E-state index in [2.05, 4.69) is 15.9 Å². The second-order valence-electron chi connectivity index (χ2n) is 5.53. The van der Waals surface area contributed by atoms with Gasteiger partial charge >= 0.3 is 5.97 Å². The number of aliphatic carboxylic acids is 1. The van der Waals surface area contributed by atoms with Crippen LogP contribution in [0.1, 0.15) is 32.1 Å². The summed E-state index contributed by atoms with van der Waals surface area (Å²) in [4.78, 5) is 24.8. The van der Waals surface area contributed by atoms with Gasteiger partial charge in [-0.25, -0.2) is 4.39 Å². The van der Waals surface area contributed by atoms with Crippen molar-refractivity contribution in [3.05, 3.63) is 28.5 Å². The summed E-state index contributed by atoms with van der Waals surface area (Å²) in [6.07, 6.45) is 3.24. The van der Waals surface area contributed by atoms with Crippen LogP contribution in [0.15, 0.2) is 22.7 Å². The molecule has 5 nitrogen and oxygen atoms in total. The normalized spacial score (nSPS) is 17.8. The minimum atomic E-state index is -0.852. The van der Waals surface area contributed by atoms with Crippen LogP contribution in [0.3, 0.4) is 0 Å². The Labute approximate surface area is 142 Å². The third-order valence-electron chi connectivity index (χ3n) is 3.88. The molecule has 0 bridgehead atoms. The third-order valence-corrected chi connectivity index (χ3v) is 4.50. The van der Waals surface area contributed by atoms with Gasteiger partial charge in [0, 0.05) is 19.0 Å². The molecule has 2 rings (SSSR count). The van der Waals surface area contributed by atoms with Crippen molar-refractivity contribution in [1.82, 2.24) is 4.90 Å². The van der Waals surface area contributed by atoms with Crippen molar-refractivity contribution in [3.63, 3.8) is 0 Å². The first-order valence-electron chi connectivity index (χ1n) is 7.56. The summed E-state index contributed by atoms with van der Waals surface area (Å²) in [6, 6.07) is 3.95. The third kappa shape index (κ3) is 5.20. The molecule has 1 atom stereocenters. The number of hydrogen-bond donors (Lipinski definition) is 1. The van der Waals surface area contributed by atoms with Gasteiger partial charge in [0.05, 0.1) is 4.47 Å². The highest BCUT2D eigenvalue weighted by atomic mass is 79.9. The average Bonchev–Trinajstić information content (AvgIpc) is 2.52. The predicted octanol–water partition coefficient (Wildman–Crippen LogP) is 3.21. The molecule has 7 heteroatoms. The average molecular weight is 388 g/mol. The lowest BCUT2D eigenvalue weighted by atomic mass is 9.98. The number of nitrogens with zero attached hydrogens (tertiary/aromatic N) is 1. The fraction of sp³-hybridized carbons (Fsp3) is 0.500. The molecule has 1 unspecified atom stereocenters. The first-order valence-corrected chi connectivity index (χ1v) is 8.36. The molecule has 0 aromatic heterocycles. The second kappa shape index (κ2) is 8.29. The van der Waals surface area contributed by atoms with Crippen LogP contribution in [0, 0.1) is 5.82 Å². The number of rotatable bonds is 6. The lowest BCUT2D eigenvalue weighted by molar-refractivity contribution is -0.141. The molecule has 0 saturated carbocycles. The van der Waals surface area contributed by atoms with Gasteiger partial charge in [0.1, 0.15) is 11.6 Å². The Hall–Kier alpha value is -1.63. The molecule has 1 amide bonds. The van der Waals surface area contributed by atoms with Gasteiger partial charge in [0.15, 0.2) is 6.61 Å². The Morgan fingerprint density at radius 2 is 2.17 bits per heavy atom. The van der Waals surface area contributed by atoms with E-state index in [-0.39, 0.29) is 30.8 Å². The van der Waals surface area contributed by atoms with Crippen molar-refractivity contribution in [3.8, 4) is 5.75 Å². The number of piperidine rings is 1. The van der Waals surface area contributed by atoms with E-state index in [0.29, 0.717) is 23.2 Å². The van der Waals surface area contributed by atoms with Crippen LogP contribution in [-0.2, 0) is 9.59 Å². The monoisotopic (exact) mass is 387 g/mol. The van der Waals surface area contributed by atoms with Crippen LogP contribution in [0.4, 0.5) is 4.39 Å². The number of benzene rings is 1. The van der Waals surface area contributed by atoms with E-state index in [1.807, 2.05) is 0 Å². The number of amides is 1. The van der Waals surface area contributed by atoms with E-state index >= 15 is 0 Å². The van der Waals surface area contributed by atoms with Gasteiger partial charge in [0.25, 0.3) is 5.91 Å². The van der Waals surface area contributed by atoms with Gasteiger partial charge in [-0.3, -0.25) is 9.59 Å². The van der Waals surface area contributed by atoms with E-state index in [0.717, 1.165) is 19.3 Å². The fourth-order valence-corrected chi connectivity index (χ4v) is 3.20. The van der Waals surface area contributed by atoms with Crippen LogP contribution in [-0.4, -0.2) is 41.1 Å². The highest BCUT2D eigenvalue weighted by Gasteiger charge is 2.27. The van der Waals surface area contributed by atoms with E-state index in [1.165, 1.54) is 18.2 Å². The van der Waals surface area contributed by atoms with Crippen LogP contribution in [0.2, 0.25) is 0 Å². The molecule has 1 aromatic carbocycles. The number of likely N-dealkylation sites (tertiary alicyclic amines) is 1. The zero-order valence-corrected chi connectivity index (χ0v) is 14.2. The van der Waals surface area contributed by atoms with E-state index < -0.39 is 5.97 Å². The highest BCUT2D eigenvalue weighted by molar-refractivity contribution is 9.10. The molecular weight excluding hydrogens is 369 g/mol. The zero-order valence-electron chi connectivity index (χ0n) is 12.6. The molecule has 1 aliphatic heterocycles. The Bertz CT molecular complexity index is 581. The van der Waals surface area contributed by atoms with Gasteiger partial charge in [-0.2, -0.15) is 0 Å². The molecule has 1 saturated heterocycles. The first kappa shape index (κ1) is 17.7. The van der Waals surface area contributed by atoms with Gasteiger partial charge in [-0.1, -0.05) is 0 Å². The lowest BCUT2D eigenvalue weighted by Gasteiger charge is -2.35. The van der Waals surface area contributed by atoms with Crippen molar-refractivity contribution in [1.29, 1.82) is 0 Å². The molecule has 0 aliphatic carbocycles. The van der Waals surface area contributed by atoms with Gasteiger partial charge < -0.3 is 14.7 Å². The lowest BCUT2D eigenvalue weighted by Crippen LogP contribution is -2.46. The molecule has 1 aliphatic rings. The number of carboxylic acids is 1. The van der Waals surface area contributed by atoms with Crippen LogP contribution < -0.4 is 4.74 Å². The number of ether oxygens (including phenoxy) is 1. The summed E-state index contributed by atoms with van der Waals surface area (Å²) in [5.41, 5.74) is 0. The molecule has 23 heavy (non-hydrogen) atoms. The molecule has 1 heterocycles. The van der Waals surface area contributed by atoms with Crippen LogP contribution >= 0.6 is 15.9 Å². The second-order valence-corrected chi connectivity index (χ2v) is 6.39. The van der Waals surface area contributed by atoms with E-state index in [9.17, 15) is 14.0 Å². The molecule has 0 radical (unpaired) electrons. The maximum absolute atomic E-state index is 13.0. The first-order chi connectivity index (χ1) is 11.0. The molecule has 0 spiro atoms. The Balaban J connectivity index is 1.93. The Morgan fingerprint density at radius 1 is 1.39 bits per heavy atom. The molecular formula is C16H19BrFNO4. The zero-order chi connectivity index (χ0) is 16.8. The predicted molar refractivity (Wildman–Crippen MR) is 85.8 cm³/mol. The molecule has 126 valence electrons. The van der Waals surface area contributed by atoms with E-state index in [1.54, 1.807) is 4.90 Å². The largest absolute Gasteiger partial charge is 0.483 e. The summed E-state index contributed by atoms with van der Waals surface area (Å²) >= 11 is 3.19. The topological polar surface area (TPSA) is 66.8 Å². The SMILES string of the molecule is O=C(O)CCC1CCCCN1C(=O)COc1ccc(F)cc1Br. The number of hydrogen-bond acceptors (Lipinski definition) is 3. The minimum absolute atomic E-state index is 0.0485. The quantitative estimate of drug-likeness (QED) is 0.813. The number of carbonyl (C=O) groups is 2. The maximum Gasteiger partial charge on any atom is 0.303 e. The van der Waals surface area contributed by atoms with E-state index in [4.69, 9.17) is 9.84 Å². The number of halogens is 2. The van der Waals surface area contributed by atoms with Gasteiger partial charge in [0.2, 0.25) is 0 Å². The van der Waals surface area contributed by atoms with Gasteiger partial charge in [-0.05, 0) is 59.8 Å². The van der Waals surface area contributed by atoms with Crippen molar-refractivity contribution in [2.75, 3.05) is 13.2 Å². The van der Waals surface area contributed by atoms with Crippen LogP contribution in [0.5, 0.6) is 5.75 Å². The summed E-state index contributed by atoms with van der Waals surface area (Å²) in [5, 5.41) is 8.81. The maximum atomic E-state index is 13.0. The van der Waals surface area contributed by atoms with Crippen molar-refractivity contribution in [2.24, 2.45) is 0 Å². The summed E-state index contributed by atoms with van der Waals surface area (Å²) in [5.74, 6) is -1.01. The highest BCUT2D eigenvalue weighted by Crippen LogP contribution is 2.26. The minimum Gasteiger partial charge on any atom is -0.483 e. The van der Waals surface area contributed by atoms with Crippen molar-refractivity contribution < 1.29 is 23.8 Å². The van der Waals surface area contributed by atoms with Crippen LogP contribution in [0.25, 0.3) is 0 Å². The number of carboxylic acid groups (broad SMARTS) is 1. The summed E-state index contributed by atoms with van der Waals surface area (Å²) in [7, 11) is 0. The standard InChI is InChI=1S/C16H19BrFNO4/c17-13-9-11(18)4-6-14(13)23-10-15(20)19-8-2-1-3-12(19)5-7-16(21)22/h4,6,9,12H,1-3,5,7-8,10H2,(H,21,22). The Morgan fingerprint density at radius 3 is 2.87 bits per heavy atom. The molecule has 1 N–H and O–H groups in total. The van der Waals surface area contributed by atoms with Crippen molar-refractivity contribution >= 4 is 27.8 Å². The Kier molecular flexibility index (Phi) is 6.38. The smallest absolute Gasteiger partial charge is 0.303 e. The molecule has 1 fully saturated rings. The van der Waals surface area contributed by atoms with Crippen molar-refractivity contribution in [2.45, 2.75) is 38.1 Å². The molecule has 1 aromatic rings.